The Morgan fingerprint density at radius 2 is 2.05 bits per heavy atom. The molecular formula is C15H19N3O2S. The molecule has 2 atom stereocenters. The maximum atomic E-state index is 13.0. The van der Waals surface area contributed by atoms with Crippen LogP contribution in [0.2, 0.25) is 0 Å². The Labute approximate surface area is 125 Å². The van der Waals surface area contributed by atoms with E-state index in [0.717, 1.165) is 32.4 Å². The molecule has 21 heavy (non-hydrogen) atoms. The maximum absolute atomic E-state index is 13.0. The number of nitrogens with one attached hydrogen (secondary N) is 1. The zero-order chi connectivity index (χ0) is 15.0. The van der Waals surface area contributed by atoms with E-state index in [2.05, 4.69) is 11.4 Å². The van der Waals surface area contributed by atoms with E-state index in [1.807, 2.05) is 0 Å². The van der Waals surface area contributed by atoms with Gasteiger partial charge in [0.05, 0.1) is 16.5 Å². The summed E-state index contributed by atoms with van der Waals surface area (Å²) in [6.07, 6.45) is 2.73. The van der Waals surface area contributed by atoms with Crippen molar-refractivity contribution in [3.8, 4) is 6.07 Å². The van der Waals surface area contributed by atoms with E-state index in [9.17, 15) is 8.42 Å². The van der Waals surface area contributed by atoms with Gasteiger partial charge < -0.3 is 5.32 Å². The lowest BCUT2D eigenvalue weighted by atomic mass is 10.1. The number of aryl methyl sites for hydroxylation is 1. The third kappa shape index (κ3) is 2.46. The Morgan fingerprint density at radius 1 is 1.29 bits per heavy atom. The zero-order valence-corrected chi connectivity index (χ0v) is 12.9. The van der Waals surface area contributed by atoms with Crippen molar-refractivity contribution in [3.63, 3.8) is 0 Å². The van der Waals surface area contributed by atoms with E-state index in [0.29, 0.717) is 16.0 Å². The molecule has 0 aromatic heterocycles. The quantitative estimate of drug-likeness (QED) is 0.896. The molecule has 2 bridgehead atoms. The second-order valence-electron chi connectivity index (χ2n) is 5.80. The number of hydrogen-bond donors (Lipinski definition) is 1. The second-order valence-corrected chi connectivity index (χ2v) is 7.64. The normalized spacial score (nSPS) is 26.3. The fourth-order valence-electron chi connectivity index (χ4n) is 3.37. The van der Waals surface area contributed by atoms with Crippen molar-refractivity contribution in [2.75, 3.05) is 13.1 Å². The Balaban J connectivity index is 2.00. The Hall–Kier alpha value is -1.42. The third-order valence-electron chi connectivity index (χ3n) is 4.48. The van der Waals surface area contributed by atoms with Crippen molar-refractivity contribution >= 4 is 10.0 Å². The summed E-state index contributed by atoms with van der Waals surface area (Å²) in [7, 11) is -3.48. The van der Waals surface area contributed by atoms with Crippen LogP contribution in [0.15, 0.2) is 23.1 Å². The first-order valence-corrected chi connectivity index (χ1v) is 8.73. The highest BCUT2D eigenvalue weighted by atomic mass is 32.2. The van der Waals surface area contributed by atoms with Gasteiger partial charge in [-0.25, -0.2) is 8.42 Å². The second kappa shape index (κ2) is 5.41. The molecule has 3 rings (SSSR count). The highest BCUT2D eigenvalue weighted by Crippen LogP contribution is 2.34. The summed E-state index contributed by atoms with van der Waals surface area (Å²) in [4.78, 5) is 0.304. The monoisotopic (exact) mass is 305 g/mol. The van der Waals surface area contributed by atoms with Gasteiger partial charge in [-0.1, -0.05) is 0 Å². The number of nitrogens with zero attached hydrogens (tertiary/aromatic N) is 2. The molecule has 0 spiro atoms. The summed E-state index contributed by atoms with van der Waals surface area (Å²) >= 11 is 0. The third-order valence-corrected chi connectivity index (χ3v) is 6.48. The van der Waals surface area contributed by atoms with Crippen molar-refractivity contribution in [1.82, 2.24) is 9.62 Å². The van der Waals surface area contributed by atoms with Gasteiger partial charge in [-0.15, -0.1) is 0 Å². The van der Waals surface area contributed by atoms with Crippen LogP contribution in [0.5, 0.6) is 0 Å². The number of sulfonamides is 1. The largest absolute Gasteiger partial charge is 0.315 e. The topological polar surface area (TPSA) is 73.2 Å². The lowest BCUT2D eigenvalue weighted by molar-refractivity contribution is 0.334. The fraction of sp³-hybridized carbons (Fsp3) is 0.533. The molecule has 1 aromatic carbocycles. The molecule has 0 saturated carbocycles. The molecule has 0 amide bonds. The summed E-state index contributed by atoms with van der Waals surface area (Å²) < 4.78 is 27.6. The first-order valence-electron chi connectivity index (χ1n) is 7.29. The molecule has 2 fully saturated rings. The van der Waals surface area contributed by atoms with Crippen LogP contribution in [0, 0.1) is 18.3 Å². The average Bonchev–Trinajstić information content (AvgIpc) is 2.72. The van der Waals surface area contributed by atoms with E-state index in [1.165, 1.54) is 0 Å². The minimum Gasteiger partial charge on any atom is -0.315 e. The molecule has 2 heterocycles. The van der Waals surface area contributed by atoms with Crippen molar-refractivity contribution in [2.45, 2.75) is 43.2 Å². The van der Waals surface area contributed by atoms with Crippen LogP contribution in [0.1, 0.15) is 30.4 Å². The molecule has 0 aliphatic carbocycles. The van der Waals surface area contributed by atoms with Gasteiger partial charge in [-0.05, 0) is 56.5 Å². The van der Waals surface area contributed by atoms with Gasteiger partial charge in [0.1, 0.15) is 0 Å². The van der Waals surface area contributed by atoms with Crippen LogP contribution in [0.4, 0.5) is 0 Å². The lowest BCUT2D eigenvalue weighted by Crippen LogP contribution is -2.42. The van der Waals surface area contributed by atoms with E-state index in [4.69, 9.17) is 5.26 Å². The van der Waals surface area contributed by atoms with Crippen LogP contribution in [0.25, 0.3) is 0 Å². The molecule has 6 heteroatoms. The van der Waals surface area contributed by atoms with E-state index >= 15 is 0 Å². The molecule has 1 N–H and O–H groups in total. The van der Waals surface area contributed by atoms with E-state index in [1.54, 1.807) is 29.4 Å². The number of benzene rings is 1. The highest BCUT2D eigenvalue weighted by molar-refractivity contribution is 7.89. The minimum atomic E-state index is -3.48. The van der Waals surface area contributed by atoms with Crippen molar-refractivity contribution in [3.05, 3.63) is 29.3 Å². The van der Waals surface area contributed by atoms with Crippen LogP contribution >= 0.6 is 0 Å². The fourth-order valence-corrected chi connectivity index (χ4v) is 5.36. The standard InChI is InChI=1S/C15H19N3O2S/c1-11-8-15(5-2-12(11)9-16)21(19,20)18-13-3-4-14(18)10-17-7-6-13/h2,5,8,13-14,17H,3-4,6-7,10H2,1H3. The van der Waals surface area contributed by atoms with Crippen molar-refractivity contribution in [2.24, 2.45) is 0 Å². The molecular weight excluding hydrogens is 286 g/mol. The number of rotatable bonds is 2. The molecule has 112 valence electrons. The van der Waals surface area contributed by atoms with Crippen molar-refractivity contribution < 1.29 is 8.42 Å². The van der Waals surface area contributed by atoms with E-state index < -0.39 is 10.0 Å². The van der Waals surface area contributed by atoms with Crippen LogP contribution in [0.3, 0.4) is 0 Å². The average molecular weight is 305 g/mol. The zero-order valence-electron chi connectivity index (χ0n) is 12.0. The molecule has 2 saturated heterocycles. The molecule has 0 radical (unpaired) electrons. The van der Waals surface area contributed by atoms with Gasteiger partial charge in [0, 0.05) is 18.6 Å². The lowest BCUT2D eigenvalue weighted by Gasteiger charge is -2.27. The van der Waals surface area contributed by atoms with E-state index in [-0.39, 0.29) is 12.1 Å². The van der Waals surface area contributed by atoms with Crippen LogP contribution < -0.4 is 5.32 Å². The Morgan fingerprint density at radius 3 is 2.76 bits per heavy atom. The Bertz CT molecular complexity index is 679. The summed E-state index contributed by atoms with van der Waals surface area (Å²) in [6.45, 7) is 3.38. The van der Waals surface area contributed by atoms with Crippen LogP contribution in [-0.4, -0.2) is 37.9 Å². The van der Waals surface area contributed by atoms with Gasteiger partial charge in [-0.2, -0.15) is 9.57 Å². The predicted octanol–water partition coefficient (Wildman–Crippen LogP) is 1.38. The highest BCUT2D eigenvalue weighted by Gasteiger charge is 2.42. The van der Waals surface area contributed by atoms with Gasteiger partial charge in [0.25, 0.3) is 0 Å². The predicted molar refractivity (Wildman–Crippen MR) is 79.2 cm³/mol. The van der Waals surface area contributed by atoms with Crippen molar-refractivity contribution in [1.29, 1.82) is 5.26 Å². The summed E-state index contributed by atoms with van der Waals surface area (Å²) in [5.74, 6) is 0. The smallest absolute Gasteiger partial charge is 0.243 e. The first-order chi connectivity index (χ1) is 10.0. The number of nitriles is 1. The molecule has 1 aromatic rings. The van der Waals surface area contributed by atoms with Gasteiger partial charge in [0.15, 0.2) is 0 Å². The summed E-state index contributed by atoms with van der Waals surface area (Å²) in [5.41, 5.74) is 1.23. The summed E-state index contributed by atoms with van der Waals surface area (Å²) in [6, 6.07) is 7.00. The van der Waals surface area contributed by atoms with Gasteiger partial charge in [-0.3, -0.25) is 0 Å². The molecule has 5 nitrogen and oxygen atoms in total. The first kappa shape index (κ1) is 14.5. The number of fused-ring (bicyclic) bond motifs is 2. The minimum absolute atomic E-state index is 0.0541. The Kier molecular flexibility index (Phi) is 3.74. The van der Waals surface area contributed by atoms with Gasteiger partial charge in [0.2, 0.25) is 10.0 Å². The van der Waals surface area contributed by atoms with Crippen LogP contribution in [-0.2, 0) is 10.0 Å². The summed E-state index contributed by atoms with van der Waals surface area (Å²) in [5, 5.41) is 12.3. The maximum Gasteiger partial charge on any atom is 0.243 e. The van der Waals surface area contributed by atoms with Gasteiger partial charge >= 0.3 is 0 Å². The molecule has 2 aliphatic heterocycles. The molecule has 2 unspecified atom stereocenters. The molecule has 2 aliphatic rings. The SMILES string of the molecule is Cc1cc(S(=O)(=O)N2C3CCNCC2CC3)ccc1C#N. The number of hydrogen-bond acceptors (Lipinski definition) is 4.